The zero-order valence-electron chi connectivity index (χ0n) is 13.4. The molecule has 0 aliphatic heterocycles. The van der Waals surface area contributed by atoms with E-state index in [0.717, 1.165) is 5.69 Å². The summed E-state index contributed by atoms with van der Waals surface area (Å²) in [5.41, 5.74) is 1.38. The SMILES string of the molecule is Cc1csc(NC(=O)CSc2nnc(NC(=O)c3ccccc3Br)s2)n1. The van der Waals surface area contributed by atoms with Crippen molar-refractivity contribution in [2.24, 2.45) is 0 Å². The first-order chi connectivity index (χ1) is 12.5. The van der Waals surface area contributed by atoms with Gasteiger partial charge in [-0.25, -0.2) is 4.98 Å². The first kappa shape index (κ1) is 19.0. The Kier molecular flexibility index (Phi) is 6.35. The minimum atomic E-state index is -0.276. The summed E-state index contributed by atoms with van der Waals surface area (Å²) in [5, 5.41) is 16.2. The van der Waals surface area contributed by atoms with Crippen molar-refractivity contribution in [2.45, 2.75) is 11.3 Å². The molecule has 0 saturated heterocycles. The summed E-state index contributed by atoms with van der Waals surface area (Å²) in [7, 11) is 0. The van der Waals surface area contributed by atoms with Crippen molar-refractivity contribution in [3.8, 4) is 0 Å². The number of aryl methyl sites for hydroxylation is 1. The number of hydrogen-bond donors (Lipinski definition) is 2. The quantitative estimate of drug-likeness (QED) is 0.417. The highest BCUT2D eigenvalue weighted by atomic mass is 79.9. The molecule has 0 aliphatic carbocycles. The normalized spacial score (nSPS) is 10.5. The van der Waals surface area contributed by atoms with E-state index >= 15 is 0 Å². The van der Waals surface area contributed by atoms with Crippen LogP contribution in [0.1, 0.15) is 16.1 Å². The zero-order chi connectivity index (χ0) is 18.5. The summed E-state index contributed by atoms with van der Waals surface area (Å²) >= 11 is 7.18. The van der Waals surface area contributed by atoms with E-state index in [-0.39, 0.29) is 17.6 Å². The second-order valence-electron chi connectivity index (χ2n) is 4.94. The minimum Gasteiger partial charge on any atom is -0.301 e. The van der Waals surface area contributed by atoms with E-state index in [1.807, 2.05) is 18.4 Å². The Balaban J connectivity index is 1.52. The Morgan fingerprint density at radius 2 is 2.00 bits per heavy atom. The van der Waals surface area contributed by atoms with Gasteiger partial charge in [0.25, 0.3) is 5.91 Å². The van der Waals surface area contributed by atoms with E-state index in [9.17, 15) is 9.59 Å². The number of carbonyl (C=O) groups is 2. The summed E-state index contributed by atoms with van der Waals surface area (Å²) < 4.78 is 1.30. The number of carbonyl (C=O) groups excluding carboxylic acids is 2. The number of aromatic nitrogens is 3. The molecule has 2 heterocycles. The molecule has 0 saturated carbocycles. The van der Waals surface area contributed by atoms with Crippen molar-refractivity contribution >= 4 is 72.4 Å². The monoisotopic (exact) mass is 469 g/mol. The van der Waals surface area contributed by atoms with Crippen LogP contribution >= 0.6 is 50.4 Å². The number of nitrogens with zero attached hydrogens (tertiary/aromatic N) is 3. The van der Waals surface area contributed by atoms with Crippen molar-refractivity contribution in [2.75, 3.05) is 16.4 Å². The van der Waals surface area contributed by atoms with Gasteiger partial charge in [0.05, 0.1) is 17.0 Å². The van der Waals surface area contributed by atoms with Gasteiger partial charge >= 0.3 is 0 Å². The number of benzene rings is 1. The number of anilines is 2. The Bertz CT molecular complexity index is 943. The molecule has 26 heavy (non-hydrogen) atoms. The molecule has 0 aliphatic rings. The summed E-state index contributed by atoms with van der Waals surface area (Å²) in [4.78, 5) is 28.3. The highest BCUT2D eigenvalue weighted by Gasteiger charge is 2.14. The van der Waals surface area contributed by atoms with Gasteiger partial charge in [0.2, 0.25) is 11.0 Å². The van der Waals surface area contributed by atoms with Gasteiger partial charge in [-0.3, -0.25) is 14.9 Å². The number of rotatable bonds is 6. The summed E-state index contributed by atoms with van der Waals surface area (Å²) in [5.74, 6) is -0.258. The zero-order valence-corrected chi connectivity index (χ0v) is 17.4. The van der Waals surface area contributed by atoms with Crippen LogP contribution in [0.2, 0.25) is 0 Å². The van der Waals surface area contributed by atoms with Crippen molar-refractivity contribution < 1.29 is 9.59 Å². The molecule has 0 fully saturated rings. The van der Waals surface area contributed by atoms with E-state index in [2.05, 4.69) is 41.7 Å². The van der Waals surface area contributed by atoms with Crippen LogP contribution < -0.4 is 10.6 Å². The Morgan fingerprint density at radius 1 is 1.19 bits per heavy atom. The van der Waals surface area contributed by atoms with E-state index in [0.29, 0.717) is 24.6 Å². The number of amides is 2. The fourth-order valence-corrected chi connectivity index (χ4v) is 4.54. The van der Waals surface area contributed by atoms with Crippen LogP contribution in [0.25, 0.3) is 0 Å². The molecular formula is C15H12BrN5O2S3. The van der Waals surface area contributed by atoms with Gasteiger partial charge in [-0.1, -0.05) is 35.2 Å². The lowest BCUT2D eigenvalue weighted by molar-refractivity contribution is -0.113. The number of halogens is 1. The molecule has 134 valence electrons. The van der Waals surface area contributed by atoms with E-state index in [1.54, 1.807) is 18.2 Å². The van der Waals surface area contributed by atoms with Crippen molar-refractivity contribution in [1.29, 1.82) is 0 Å². The molecule has 3 aromatic rings. The smallest absolute Gasteiger partial charge is 0.258 e. The summed E-state index contributed by atoms with van der Waals surface area (Å²) in [6.07, 6.45) is 0. The third kappa shape index (κ3) is 5.10. The average molecular weight is 470 g/mol. The van der Waals surface area contributed by atoms with Crippen molar-refractivity contribution in [1.82, 2.24) is 15.2 Å². The highest BCUT2D eigenvalue weighted by Crippen LogP contribution is 2.26. The van der Waals surface area contributed by atoms with Crippen LogP contribution in [-0.2, 0) is 4.79 Å². The maximum absolute atomic E-state index is 12.2. The fourth-order valence-electron chi connectivity index (χ4n) is 1.82. The van der Waals surface area contributed by atoms with Gasteiger partial charge in [0.15, 0.2) is 9.47 Å². The van der Waals surface area contributed by atoms with E-state index in [4.69, 9.17) is 0 Å². The number of hydrogen-bond acceptors (Lipinski definition) is 8. The van der Waals surface area contributed by atoms with Gasteiger partial charge in [0.1, 0.15) is 0 Å². The lowest BCUT2D eigenvalue weighted by Crippen LogP contribution is -2.13. The maximum Gasteiger partial charge on any atom is 0.258 e. The number of thioether (sulfide) groups is 1. The minimum absolute atomic E-state index is 0.168. The Morgan fingerprint density at radius 3 is 2.73 bits per heavy atom. The molecule has 11 heteroatoms. The lowest BCUT2D eigenvalue weighted by Gasteiger charge is -2.02. The number of nitrogens with one attached hydrogen (secondary N) is 2. The molecule has 0 bridgehead atoms. The number of thiazole rings is 1. The van der Waals surface area contributed by atoms with Gasteiger partial charge in [-0.05, 0) is 35.0 Å². The Labute approximate surface area is 169 Å². The predicted octanol–water partition coefficient (Wildman–Crippen LogP) is 4.05. The van der Waals surface area contributed by atoms with E-state index < -0.39 is 0 Å². The molecule has 2 amide bonds. The third-order valence-electron chi connectivity index (χ3n) is 2.94. The standard InChI is InChI=1S/C15H12BrN5O2S3/c1-8-6-24-13(17-8)18-11(22)7-25-15-21-20-14(26-15)19-12(23)9-4-2-3-5-10(9)16/h2-6H,7H2,1H3,(H,17,18,22)(H,19,20,23). The summed E-state index contributed by atoms with van der Waals surface area (Å²) in [6, 6.07) is 7.11. The molecule has 0 radical (unpaired) electrons. The fraction of sp³-hybridized carbons (Fsp3) is 0.133. The van der Waals surface area contributed by atoms with Crippen LogP contribution in [0.5, 0.6) is 0 Å². The maximum atomic E-state index is 12.2. The highest BCUT2D eigenvalue weighted by molar-refractivity contribution is 9.10. The first-order valence-corrected chi connectivity index (χ1v) is 10.7. The topological polar surface area (TPSA) is 96.9 Å². The van der Waals surface area contributed by atoms with Crippen LogP contribution in [0.15, 0.2) is 38.5 Å². The van der Waals surface area contributed by atoms with Crippen molar-refractivity contribution in [3.63, 3.8) is 0 Å². The van der Waals surface area contributed by atoms with Crippen LogP contribution in [0.4, 0.5) is 10.3 Å². The molecule has 0 atom stereocenters. The molecule has 2 aromatic heterocycles. The lowest BCUT2D eigenvalue weighted by atomic mass is 10.2. The molecule has 0 spiro atoms. The molecule has 2 N–H and O–H groups in total. The third-order valence-corrected chi connectivity index (χ3v) is 6.48. The largest absolute Gasteiger partial charge is 0.301 e. The van der Waals surface area contributed by atoms with Crippen LogP contribution in [-0.4, -0.2) is 32.7 Å². The average Bonchev–Trinajstić information content (AvgIpc) is 3.22. The molecule has 0 unspecified atom stereocenters. The molecule has 1 aromatic carbocycles. The second kappa shape index (κ2) is 8.71. The molecular weight excluding hydrogens is 458 g/mol. The molecule has 3 rings (SSSR count). The van der Waals surface area contributed by atoms with Gasteiger partial charge in [-0.2, -0.15) is 0 Å². The summed E-state index contributed by atoms with van der Waals surface area (Å²) in [6.45, 7) is 1.87. The van der Waals surface area contributed by atoms with E-state index in [1.165, 1.54) is 34.4 Å². The van der Waals surface area contributed by atoms with Gasteiger partial charge in [0, 0.05) is 9.85 Å². The van der Waals surface area contributed by atoms with Crippen LogP contribution in [0.3, 0.4) is 0 Å². The predicted molar refractivity (Wildman–Crippen MR) is 108 cm³/mol. The molecule has 7 nitrogen and oxygen atoms in total. The first-order valence-electron chi connectivity index (χ1n) is 7.25. The van der Waals surface area contributed by atoms with Gasteiger partial charge < -0.3 is 5.32 Å². The second-order valence-corrected chi connectivity index (χ2v) is 8.85. The Hall–Kier alpha value is -1.82. The van der Waals surface area contributed by atoms with Gasteiger partial charge in [-0.15, -0.1) is 21.5 Å². The van der Waals surface area contributed by atoms with Crippen LogP contribution in [0, 0.1) is 6.92 Å². The van der Waals surface area contributed by atoms with Crippen molar-refractivity contribution in [3.05, 3.63) is 45.4 Å².